The molecule has 0 aliphatic heterocycles. The summed E-state index contributed by atoms with van der Waals surface area (Å²) >= 11 is 0. The molecule has 2 nitrogen and oxygen atoms in total. The zero-order chi connectivity index (χ0) is 6.99. The molecule has 0 spiro atoms. The molecule has 0 bridgehead atoms. The van der Waals surface area contributed by atoms with E-state index < -0.39 is 0 Å². The summed E-state index contributed by atoms with van der Waals surface area (Å²) in [5, 5.41) is 7.57. The topological polar surface area (TPSA) is 37.3 Å². The molecule has 0 aliphatic carbocycles. The zero-order valence-corrected chi connectivity index (χ0v) is 5.35. The molecule has 2 heteroatoms. The number of aldehydes is 1. The molecule has 0 atom stereocenters. The van der Waals surface area contributed by atoms with Gasteiger partial charge in [0.15, 0.2) is 0 Å². The van der Waals surface area contributed by atoms with Crippen LogP contribution in [0.5, 0.6) is 0 Å². The second-order valence-corrected chi connectivity index (χ2v) is 1.28. The van der Waals surface area contributed by atoms with E-state index in [1.807, 2.05) is 0 Å². The molecule has 1 N–H and O–H groups in total. The van der Waals surface area contributed by atoms with Crippen LogP contribution in [0.3, 0.4) is 0 Å². The highest BCUT2D eigenvalue weighted by atomic mass is 16.2. The van der Waals surface area contributed by atoms with Gasteiger partial charge >= 0.3 is 0 Å². The third kappa shape index (κ3) is 54.6. The minimum Gasteiger partial charge on any atom is -0.397 e. The van der Waals surface area contributed by atoms with E-state index in [9.17, 15) is 4.79 Å². The number of carbonyl (C=O) groups excluding carboxylic acids is 1. The molecule has 48 valence electrons. The molecular formula is C6H12O2. The van der Waals surface area contributed by atoms with E-state index in [-0.39, 0.29) is 6.61 Å². The first-order chi connectivity index (χ1) is 3.68. The Bertz CT molecular complexity index is 66.9. The summed E-state index contributed by atoms with van der Waals surface area (Å²) in [4.78, 5) is 9.41. The second-order valence-electron chi connectivity index (χ2n) is 1.28. The summed E-state index contributed by atoms with van der Waals surface area (Å²) in [5.74, 6) is 0. The predicted octanol–water partition coefficient (Wildman–Crippen LogP) is 0.760. The molecular weight excluding hydrogens is 104 g/mol. The van der Waals surface area contributed by atoms with Gasteiger partial charge in [-0.1, -0.05) is 6.58 Å². The lowest BCUT2D eigenvalue weighted by Crippen LogP contribution is -1.65. The average molecular weight is 116 g/mol. The van der Waals surface area contributed by atoms with Gasteiger partial charge in [-0.2, -0.15) is 0 Å². The van der Waals surface area contributed by atoms with Crippen LogP contribution in [0.25, 0.3) is 0 Å². The largest absolute Gasteiger partial charge is 0.397 e. The number of carbonyl (C=O) groups is 1. The van der Waals surface area contributed by atoms with Gasteiger partial charge in [-0.25, -0.2) is 0 Å². The van der Waals surface area contributed by atoms with Crippen LogP contribution in [0.4, 0.5) is 0 Å². The Balaban J connectivity index is 0. The van der Waals surface area contributed by atoms with Gasteiger partial charge in [0.25, 0.3) is 0 Å². The second kappa shape index (κ2) is 9.62. The summed E-state index contributed by atoms with van der Waals surface area (Å²) in [6.07, 6.45) is 0.722. The maximum Gasteiger partial charge on any atom is 0.145 e. The summed E-state index contributed by atoms with van der Waals surface area (Å²) in [7, 11) is 0. The first kappa shape index (κ1) is 10.4. The predicted molar refractivity (Wildman–Crippen MR) is 33.6 cm³/mol. The normalized spacial score (nSPS) is 6.38. The Morgan fingerprint density at radius 2 is 2.00 bits per heavy atom. The van der Waals surface area contributed by atoms with E-state index in [0.717, 1.165) is 6.29 Å². The molecule has 0 rings (SSSR count). The highest BCUT2D eigenvalue weighted by molar-refractivity contribution is 5.70. The zero-order valence-electron chi connectivity index (χ0n) is 5.35. The van der Waals surface area contributed by atoms with Crippen LogP contribution in [-0.4, -0.2) is 18.0 Å². The molecule has 0 saturated carbocycles. The number of allylic oxidation sites excluding steroid dienone is 1. The van der Waals surface area contributed by atoms with Crippen LogP contribution < -0.4 is 0 Å². The number of rotatable bonds is 1. The summed E-state index contributed by atoms with van der Waals surface area (Å²) in [6.45, 7) is 6.90. The summed E-state index contributed by atoms with van der Waals surface area (Å²) in [5.41, 5.74) is 0.574. The fourth-order valence-electron chi connectivity index (χ4n) is 0. The molecule has 0 unspecified atom stereocenters. The monoisotopic (exact) mass is 116 g/mol. The van der Waals surface area contributed by atoms with Crippen LogP contribution in [0.1, 0.15) is 13.8 Å². The fourth-order valence-corrected chi connectivity index (χ4v) is 0. The minimum atomic E-state index is 0.250. The molecule has 0 aliphatic rings. The SMILES string of the molecule is C=C(C)C=O.CCO. The van der Waals surface area contributed by atoms with Crippen LogP contribution >= 0.6 is 0 Å². The highest BCUT2D eigenvalue weighted by Gasteiger charge is 1.66. The first-order valence-electron chi connectivity index (χ1n) is 2.40. The van der Waals surface area contributed by atoms with Crippen LogP contribution in [0, 0.1) is 0 Å². The smallest absolute Gasteiger partial charge is 0.145 e. The Morgan fingerprint density at radius 1 is 1.88 bits per heavy atom. The van der Waals surface area contributed by atoms with Crippen LogP contribution in [-0.2, 0) is 4.79 Å². The molecule has 0 aromatic rings. The fraction of sp³-hybridized carbons (Fsp3) is 0.500. The summed E-state index contributed by atoms with van der Waals surface area (Å²) in [6, 6.07) is 0. The van der Waals surface area contributed by atoms with Crippen molar-refractivity contribution < 1.29 is 9.90 Å². The van der Waals surface area contributed by atoms with Gasteiger partial charge in [-0.15, -0.1) is 0 Å². The molecule has 0 heterocycles. The van der Waals surface area contributed by atoms with Gasteiger partial charge < -0.3 is 5.11 Å². The van der Waals surface area contributed by atoms with Crippen molar-refractivity contribution in [2.75, 3.05) is 6.61 Å². The third-order valence-electron chi connectivity index (χ3n) is 0.201. The first-order valence-corrected chi connectivity index (χ1v) is 2.40. The Hall–Kier alpha value is -0.630. The lowest BCUT2D eigenvalue weighted by atomic mass is 10.4. The highest BCUT2D eigenvalue weighted by Crippen LogP contribution is 1.70. The number of hydrogen-bond donors (Lipinski definition) is 1. The number of hydrogen-bond acceptors (Lipinski definition) is 2. The maximum absolute atomic E-state index is 9.41. The van der Waals surface area contributed by atoms with Crippen molar-refractivity contribution in [3.8, 4) is 0 Å². The maximum atomic E-state index is 9.41. The van der Waals surface area contributed by atoms with E-state index in [2.05, 4.69) is 6.58 Å². The van der Waals surface area contributed by atoms with Gasteiger partial charge in [0.2, 0.25) is 0 Å². The lowest BCUT2D eigenvalue weighted by Gasteiger charge is -1.65. The number of aliphatic hydroxyl groups is 1. The van der Waals surface area contributed by atoms with Gasteiger partial charge in [-0.3, -0.25) is 4.79 Å². The van der Waals surface area contributed by atoms with Crippen molar-refractivity contribution in [2.24, 2.45) is 0 Å². The minimum absolute atomic E-state index is 0.250. The Morgan fingerprint density at radius 3 is 2.00 bits per heavy atom. The van der Waals surface area contributed by atoms with E-state index in [1.165, 1.54) is 0 Å². The molecule has 0 fully saturated rings. The Labute approximate surface area is 49.8 Å². The van der Waals surface area contributed by atoms with Gasteiger partial charge in [0, 0.05) is 6.61 Å². The Kier molecular flexibility index (Phi) is 12.5. The standard InChI is InChI=1S/C4H6O.C2H6O/c1-4(2)3-5;1-2-3/h3H,1H2,2H3;3H,2H2,1H3. The van der Waals surface area contributed by atoms with Crippen molar-refractivity contribution in [2.45, 2.75) is 13.8 Å². The van der Waals surface area contributed by atoms with Crippen LogP contribution in [0.15, 0.2) is 12.2 Å². The van der Waals surface area contributed by atoms with Gasteiger partial charge in [-0.05, 0) is 19.4 Å². The van der Waals surface area contributed by atoms with Gasteiger partial charge in [0.1, 0.15) is 6.29 Å². The van der Waals surface area contributed by atoms with Crippen molar-refractivity contribution in [1.29, 1.82) is 0 Å². The van der Waals surface area contributed by atoms with Crippen molar-refractivity contribution in [3.63, 3.8) is 0 Å². The van der Waals surface area contributed by atoms with Crippen molar-refractivity contribution in [1.82, 2.24) is 0 Å². The summed E-state index contributed by atoms with van der Waals surface area (Å²) < 4.78 is 0. The van der Waals surface area contributed by atoms with E-state index >= 15 is 0 Å². The van der Waals surface area contributed by atoms with Crippen molar-refractivity contribution >= 4 is 6.29 Å². The molecule has 0 saturated heterocycles. The van der Waals surface area contributed by atoms with E-state index in [4.69, 9.17) is 5.11 Å². The molecule has 0 aromatic heterocycles. The third-order valence-corrected chi connectivity index (χ3v) is 0.201. The molecule has 8 heavy (non-hydrogen) atoms. The molecule has 0 radical (unpaired) electrons. The molecule has 0 amide bonds. The number of aliphatic hydroxyl groups excluding tert-OH is 1. The van der Waals surface area contributed by atoms with Crippen LogP contribution in [0.2, 0.25) is 0 Å². The van der Waals surface area contributed by atoms with E-state index in [0.29, 0.717) is 5.57 Å². The van der Waals surface area contributed by atoms with E-state index in [1.54, 1.807) is 13.8 Å². The quantitative estimate of drug-likeness (QED) is 0.405. The van der Waals surface area contributed by atoms with Gasteiger partial charge in [0.05, 0.1) is 0 Å². The average Bonchev–Trinajstić information content (AvgIpc) is 1.69. The molecule has 0 aromatic carbocycles. The van der Waals surface area contributed by atoms with Crippen molar-refractivity contribution in [3.05, 3.63) is 12.2 Å². The lowest BCUT2D eigenvalue weighted by molar-refractivity contribution is -0.104.